The lowest BCUT2D eigenvalue weighted by Gasteiger charge is -2.25. The third-order valence-corrected chi connectivity index (χ3v) is 8.75. The van der Waals surface area contributed by atoms with E-state index in [4.69, 9.17) is 0 Å². The molecule has 2 heterocycles. The summed E-state index contributed by atoms with van der Waals surface area (Å²) in [6.45, 7) is 0.201. The number of nitrogens with one attached hydrogen (secondary N) is 1. The fourth-order valence-corrected chi connectivity index (χ4v) is 7.00. The van der Waals surface area contributed by atoms with Gasteiger partial charge in [0.2, 0.25) is 5.91 Å². The van der Waals surface area contributed by atoms with Gasteiger partial charge in [0.25, 0.3) is 0 Å². The van der Waals surface area contributed by atoms with Crippen molar-refractivity contribution in [2.75, 3.05) is 25.1 Å². The van der Waals surface area contributed by atoms with Crippen molar-refractivity contribution < 1.29 is 13.2 Å². The van der Waals surface area contributed by atoms with Crippen LogP contribution in [0.4, 0.5) is 0 Å². The molecule has 1 N–H and O–H groups in total. The molecule has 29 heavy (non-hydrogen) atoms. The summed E-state index contributed by atoms with van der Waals surface area (Å²) in [5.74, 6) is 0.292. The lowest BCUT2D eigenvalue weighted by Crippen LogP contribution is -2.42. The van der Waals surface area contributed by atoms with E-state index in [0.717, 1.165) is 23.3 Å². The minimum Gasteiger partial charge on any atom is -0.343 e. The summed E-state index contributed by atoms with van der Waals surface area (Å²) in [5.41, 5.74) is 3.95. The minimum atomic E-state index is -2.96. The van der Waals surface area contributed by atoms with Crippen molar-refractivity contribution in [3.05, 3.63) is 57.3 Å². The predicted molar refractivity (Wildman–Crippen MR) is 117 cm³/mol. The summed E-state index contributed by atoms with van der Waals surface area (Å²) >= 11 is 1.64. The number of aryl methyl sites for hydroxylation is 2. The Morgan fingerprint density at radius 1 is 1.24 bits per heavy atom. The van der Waals surface area contributed by atoms with Gasteiger partial charge in [0.15, 0.2) is 9.84 Å². The number of fused-ring (bicyclic) bond motifs is 1. The van der Waals surface area contributed by atoms with E-state index in [1.54, 1.807) is 11.3 Å². The van der Waals surface area contributed by atoms with Crippen LogP contribution >= 0.6 is 11.3 Å². The SMILES string of the molecule is CN(CC(=O)NC(c1ccc2c(c1)CCCC2)c1cccs1)C1CCS(=O)(=O)C1. The number of sulfone groups is 1. The van der Waals surface area contributed by atoms with Crippen LogP contribution in [0.5, 0.6) is 0 Å². The Bertz CT molecular complexity index is 970. The maximum absolute atomic E-state index is 12.8. The number of benzene rings is 1. The molecule has 0 saturated carbocycles. The number of hydrogen-bond acceptors (Lipinski definition) is 5. The Labute approximate surface area is 177 Å². The third kappa shape index (κ3) is 4.90. The van der Waals surface area contributed by atoms with E-state index in [1.807, 2.05) is 23.4 Å². The van der Waals surface area contributed by atoms with Crippen LogP contribution in [-0.2, 0) is 27.5 Å². The van der Waals surface area contributed by atoms with E-state index in [-0.39, 0.29) is 36.0 Å². The van der Waals surface area contributed by atoms with Gasteiger partial charge in [-0.3, -0.25) is 9.69 Å². The molecule has 1 amide bonds. The number of rotatable bonds is 6. The Kier molecular flexibility index (Phi) is 6.08. The number of amides is 1. The fourth-order valence-electron chi connectivity index (χ4n) is 4.39. The zero-order valence-corrected chi connectivity index (χ0v) is 18.4. The Balaban J connectivity index is 1.49. The molecule has 156 valence electrons. The van der Waals surface area contributed by atoms with Crippen LogP contribution in [0.15, 0.2) is 35.7 Å². The molecule has 2 aromatic rings. The molecule has 4 rings (SSSR count). The number of hydrogen-bond donors (Lipinski definition) is 1. The maximum atomic E-state index is 12.8. The first-order valence-corrected chi connectivity index (χ1v) is 13.0. The highest BCUT2D eigenvalue weighted by molar-refractivity contribution is 7.91. The number of nitrogens with zero attached hydrogens (tertiary/aromatic N) is 1. The molecular formula is C22H28N2O3S2. The normalized spacial score (nSPS) is 21.7. The summed E-state index contributed by atoms with van der Waals surface area (Å²) in [6.07, 6.45) is 5.32. The Morgan fingerprint density at radius 2 is 2.03 bits per heavy atom. The van der Waals surface area contributed by atoms with Crippen molar-refractivity contribution in [3.63, 3.8) is 0 Å². The molecule has 0 bridgehead atoms. The fraction of sp³-hybridized carbons (Fsp3) is 0.500. The van der Waals surface area contributed by atoms with Crippen molar-refractivity contribution in [1.29, 1.82) is 0 Å². The van der Waals surface area contributed by atoms with Crippen LogP contribution in [0.1, 0.15) is 46.9 Å². The van der Waals surface area contributed by atoms with E-state index in [2.05, 4.69) is 29.6 Å². The largest absolute Gasteiger partial charge is 0.343 e. The van der Waals surface area contributed by atoms with Crippen LogP contribution in [-0.4, -0.2) is 50.4 Å². The van der Waals surface area contributed by atoms with Crippen molar-refractivity contribution in [2.45, 2.75) is 44.2 Å². The quantitative estimate of drug-likeness (QED) is 0.762. The Morgan fingerprint density at radius 3 is 2.72 bits per heavy atom. The van der Waals surface area contributed by atoms with Gasteiger partial charge in [-0.05, 0) is 67.3 Å². The molecule has 2 atom stereocenters. The summed E-state index contributed by atoms with van der Waals surface area (Å²) in [5, 5.41) is 5.23. The molecule has 2 aliphatic rings. The molecule has 1 aliphatic heterocycles. The smallest absolute Gasteiger partial charge is 0.234 e. The maximum Gasteiger partial charge on any atom is 0.234 e. The molecular weight excluding hydrogens is 404 g/mol. The van der Waals surface area contributed by atoms with Gasteiger partial charge in [-0.1, -0.05) is 24.3 Å². The lowest BCUT2D eigenvalue weighted by atomic mass is 9.89. The molecule has 7 heteroatoms. The van der Waals surface area contributed by atoms with E-state index in [9.17, 15) is 13.2 Å². The summed E-state index contributed by atoms with van der Waals surface area (Å²) in [6, 6.07) is 10.4. The first kappa shape index (κ1) is 20.6. The molecule has 0 radical (unpaired) electrons. The van der Waals surface area contributed by atoms with Crippen LogP contribution in [0.2, 0.25) is 0 Å². The van der Waals surface area contributed by atoms with Gasteiger partial charge < -0.3 is 5.32 Å². The monoisotopic (exact) mass is 432 g/mol. The second kappa shape index (κ2) is 8.58. The van der Waals surface area contributed by atoms with E-state index in [0.29, 0.717) is 6.42 Å². The van der Waals surface area contributed by atoms with Gasteiger partial charge in [0, 0.05) is 10.9 Å². The highest BCUT2D eigenvalue weighted by atomic mass is 32.2. The van der Waals surface area contributed by atoms with Crippen LogP contribution < -0.4 is 5.32 Å². The second-order valence-electron chi connectivity index (χ2n) is 8.22. The van der Waals surface area contributed by atoms with Gasteiger partial charge in [0.05, 0.1) is 24.1 Å². The average Bonchev–Trinajstić information content (AvgIpc) is 3.35. The number of carbonyl (C=O) groups excluding carboxylic acids is 1. The van der Waals surface area contributed by atoms with Crippen LogP contribution in [0.3, 0.4) is 0 Å². The third-order valence-electron chi connectivity index (χ3n) is 6.06. The van der Waals surface area contributed by atoms with Gasteiger partial charge in [0.1, 0.15) is 0 Å². The average molecular weight is 433 g/mol. The lowest BCUT2D eigenvalue weighted by molar-refractivity contribution is -0.122. The van der Waals surface area contributed by atoms with Crippen molar-refractivity contribution in [1.82, 2.24) is 10.2 Å². The van der Waals surface area contributed by atoms with Gasteiger partial charge in [-0.25, -0.2) is 8.42 Å². The van der Waals surface area contributed by atoms with E-state index < -0.39 is 9.84 Å². The topological polar surface area (TPSA) is 66.5 Å². The highest BCUT2D eigenvalue weighted by Gasteiger charge is 2.31. The molecule has 1 saturated heterocycles. The molecule has 1 fully saturated rings. The highest BCUT2D eigenvalue weighted by Crippen LogP contribution is 2.30. The summed E-state index contributed by atoms with van der Waals surface area (Å²) in [7, 11) is -1.12. The predicted octanol–water partition coefficient (Wildman–Crippen LogP) is 2.95. The van der Waals surface area contributed by atoms with Gasteiger partial charge in [-0.15, -0.1) is 11.3 Å². The second-order valence-corrected chi connectivity index (χ2v) is 11.4. The Hall–Kier alpha value is -1.70. The molecule has 5 nitrogen and oxygen atoms in total. The number of thiophene rings is 1. The van der Waals surface area contributed by atoms with Crippen molar-refractivity contribution in [3.8, 4) is 0 Å². The van der Waals surface area contributed by atoms with E-state index in [1.165, 1.54) is 24.0 Å². The molecule has 1 aromatic carbocycles. The number of carbonyl (C=O) groups is 1. The summed E-state index contributed by atoms with van der Waals surface area (Å²) in [4.78, 5) is 15.8. The molecule has 1 aliphatic carbocycles. The van der Waals surface area contributed by atoms with Crippen molar-refractivity contribution >= 4 is 27.1 Å². The summed E-state index contributed by atoms with van der Waals surface area (Å²) < 4.78 is 23.5. The van der Waals surface area contributed by atoms with Crippen LogP contribution in [0.25, 0.3) is 0 Å². The van der Waals surface area contributed by atoms with Crippen molar-refractivity contribution in [2.24, 2.45) is 0 Å². The van der Waals surface area contributed by atoms with Gasteiger partial charge >= 0.3 is 0 Å². The zero-order chi connectivity index (χ0) is 20.4. The first-order valence-electron chi connectivity index (χ1n) is 10.3. The molecule has 2 unspecified atom stereocenters. The van der Waals surface area contributed by atoms with Crippen LogP contribution in [0, 0.1) is 0 Å². The molecule has 1 aromatic heterocycles. The van der Waals surface area contributed by atoms with Gasteiger partial charge in [-0.2, -0.15) is 0 Å². The van der Waals surface area contributed by atoms with E-state index >= 15 is 0 Å². The first-order chi connectivity index (χ1) is 13.9. The standard InChI is InChI=1S/C22H28N2O3S2/c1-24(19-10-12-29(26,27)15-19)14-21(25)23-22(20-7-4-11-28-20)18-9-8-16-5-2-3-6-17(16)13-18/h4,7-9,11,13,19,22H,2-3,5-6,10,12,14-15H2,1H3,(H,23,25). The molecule has 0 spiro atoms. The minimum absolute atomic E-state index is 0.0744. The zero-order valence-electron chi connectivity index (χ0n) is 16.8. The number of likely N-dealkylation sites (N-methyl/N-ethyl adjacent to an activating group) is 1.